The molecule has 0 N–H and O–H groups in total. The van der Waals surface area contributed by atoms with Crippen molar-refractivity contribution >= 4 is 6.34 Å². The summed E-state index contributed by atoms with van der Waals surface area (Å²) in [6.07, 6.45) is 5.84. The predicted molar refractivity (Wildman–Crippen MR) is 79.6 cm³/mol. The Labute approximate surface area is 112 Å². The molecule has 1 rings (SSSR count). The van der Waals surface area contributed by atoms with Crippen LogP contribution in [0.3, 0.4) is 0 Å². The van der Waals surface area contributed by atoms with Gasteiger partial charge < -0.3 is 9.80 Å². The monoisotopic (exact) mass is 249 g/mol. The molecule has 0 amide bonds. The van der Waals surface area contributed by atoms with Crippen LogP contribution in [0.15, 0.2) is 30.0 Å². The summed E-state index contributed by atoms with van der Waals surface area (Å²) >= 11 is 0. The van der Waals surface area contributed by atoms with Gasteiger partial charge in [-0.25, -0.2) is 0 Å². The quantitative estimate of drug-likeness (QED) is 0.551. The standard InChI is InChI=1S/C15H27N3/c1-7-17(11-16-6)15-8-13(4)18(10-12(2)3)14(5)9-15/h7,11-12,14-15H,1,4,8-10H2,2-3,5-6H3/b16-11-. The van der Waals surface area contributed by atoms with Gasteiger partial charge in [0.2, 0.25) is 0 Å². The highest BCUT2D eigenvalue weighted by Crippen LogP contribution is 2.28. The van der Waals surface area contributed by atoms with Crippen molar-refractivity contribution in [1.82, 2.24) is 9.80 Å². The summed E-state index contributed by atoms with van der Waals surface area (Å²) < 4.78 is 0. The zero-order valence-corrected chi connectivity index (χ0v) is 12.3. The van der Waals surface area contributed by atoms with Gasteiger partial charge in [0.1, 0.15) is 0 Å². The van der Waals surface area contributed by atoms with Crippen molar-refractivity contribution in [1.29, 1.82) is 0 Å². The Bertz CT molecular complexity index is 320. The lowest BCUT2D eigenvalue weighted by Crippen LogP contribution is -2.46. The summed E-state index contributed by atoms with van der Waals surface area (Å²) in [7, 11) is 1.79. The van der Waals surface area contributed by atoms with E-state index >= 15 is 0 Å². The second kappa shape index (κ2) is 6.62. The topological polar surface area (TPSA) is 18.8 Å². The molecular weight excluding hydrogens is 222 g/mol. The number of nitrogens with zero attached hydrogens (tertiary/aromatic N) is 3. The summed E-state index contributed by atoms with van der Waals surface area (Å²) in [6.45, 7) is 16.0. The van der Waals surface area contributed by atoms with Gasteiger partial charge in [0.15, 0.2) is 0 Å². The molecule has 0 aromatic heterocycles. The molecule has 18 heavy (non-hydrogen) atoms. The summed E-state index contributed by atoms with van der Waals surface area (Å²) in [5.41, 5.74) is 1.24. The highest BCUT2D eigenvalue weighted by atomic mass is 15.2. The van der Waals surface area contributed by atoms with Gasteiger partial charge in [0.05, 0.1) is 6.34 Å². The fourth-order valence-electron chi connectivity index (χ4n) is 2.66. The molecule has 0 saturated carbocycles. The van der Waals surface area contributed by atoms with Crippen molar-refractivity contribution in [3.63, 3.8) is 0 Å². The van der Waals surface area contributed by atoms with Crippen LogP contribution in [0.2, 0.25) is 0 Å². The third kappa shape index (κ3) is 3.62. The van der Waals surface area contributed by atoms with E-state index in [-0.39, 0.29) is 0 Å². The van der Waals surface area contributed by atoms with Gasteiger partial charge in [0, 0.05) is 37.8 Å². The fraction of sp³-hybridized carbons (Fsp3) is 0.667. The lowest BCUT2D eigenvalue weighted by molar-refractivity contribution is 0.152. The van der Waals surface area contributed by atoms with Gasteiger partial charge in [-0.2, -0.15) is 0 Å². The van der Waals surface area contributed by atoms with Crippen molar-refractivity contribution in [3.05, 3.63) is 25.1 Å². The predicted octanol–water partition coefficient (Wildman–Crippen LogP) is 3.11. The number of likely N-dealkylation sites (tertiary alicyclic amines) is 1. The first kappa shape index (κ1) is 14.8. The van der Waals surface area contributed by atoms with Crippen LogP contribution in [0.1, 0.15) is 33.6 Å². The van der Waals surface area contributed by atoms with E-state index < -0.39 is 0 Å². The van der Waals surface area contributed by atoms with E-state index in [4.69, 9.17) is 0 Å². The minimum Gasteiger partial charge on any atom is -0.372 e. The normalized spacial score (nSPS) is 24.9. The maximum atomic E-state index is 4.25. The number of rotatable bonds is 5. The van der Waals surface area contributed by atoms with Gasteiger partial charge in [-0.3, -0.25) is 4.99 Å². The molecule has 0 aromatic rings. The van der Waals surface area contributed by atoms with E-state index in [2.05, 4.69) is 48.7 Å². The Morgan fingerprint density at radius 2 is 2.22 bits per heavy atom. The van der Waals surface area contributed by atoms with Crippen LogP contribution in [-0.4, -0.2) is 41.8 Å². The van der Waals surface area contributed by atoms with Gasteiger partial charge >= 0.3 is 0 Å². The lowest BCUT2D eigenvalue weighted by atomic mass is 9.94. The number of hydrogen-bond acceptors (Lipinski definition) is 2. The van der Waals surface area contributed by atoms with E-state index in [1.54, 1.807) is 7.05 Å². The highest BCUT2D eigenvalue weighted by molar-refractivity contribution is 5.56. The fourth-order valence-corrected chi connectivity index (χ4v) is 2.66. The average Bonchev–Trinajstić information content (AvgIpc) is 2.30. The minimum absolute atomic E-state index is 0.442. The van der Waals surface area contributed by atoms with Gasteiger partial charge in [-0.15, -0.1) is 0 Å². The van der Waals surface area contributed by atoms with Crippen molar-refractivity contribution in [2.75, 3.05) is 13.6 Å². The van der Waals surface area contributed by atoms with Gasteiger partial charge in [0.25, 0.3) is 0 Å². The highest BCUT2D eigenvalue weighted by Gasteiger charge is 2.29. The Morgan fingerprint density at radius 3 is 2.67 bits per heavy atom. The summed E-state index contributed by atoms with van der Waals surface area (Å²) in [5, 5.41) is 0. The molecule has 1 aliphatic heterocycles. The molecule has 1 aliphatic rings. The third-order valence-corrected chi connectivity index (χ3v) is 3.47. The van der Waals surface area contributed by atoms with Gasteiger partial charge in [-0.05, 0) is 25.5 Å². The Balaban J connectivity index is 2.71. The third-order valence-electron chi connectivity index (χ3n) is 3.47. The second-order valence-corrected chi connectivity index (χ2v) is 5.56. The van der Waals surface area contributed by atoms with Crippen LogP contribution in [0.5, 0.6) is 0 Å². The van der Waals surface area contributed by atoms with E-state index in [0.717, 1.165) is 19.4 Å². The van der Waals surface area contributed by atoms with Crippen molar-refractivity contribution in [2.45, 2.75) is 45.7 Å². The summed E-state index contributed by atoms with van der Waals surface area (Å²) in [4.78, 5) is 8.64. The molecule has 3 nitrogen and oxygen atoms in total. The molecule has 2 unspecified atom stereocenters. The molecule has 0 bridgehead atoms. The first-order valence-electron chi connectivity index (χ1n) is 6.76. The first-order chi connectivity index (χ1) is 8.49. The van der Waals surface area contributed by atoms with Crippen molar-refractivity contribution in [3.8, 4) is 0 Å². The van der Waals surface area contributed by atoms with Crippen molar-refractivity contribution in [2.24, 2.45) is 10.9 Å². The Morgan fingerprint density at radius 1 is 1.56 bits per heavy atom. The van der Waals surface area contributed by atoms with E-state index in [1.165, 1.54) is 5.70 Å². The molecule has 2 atom stereocenters. The first-order valence-corrected chi connectivity index (χ1v) is 6.76. The van der Waals surface area contributed by atoms with E-state index in [1.807, 2.05) is 12.5 Å². The molecule has 1 saturated heterocycles. The maximum absolute atomic E-state index is 4.25. The molecule has 3 heteroatoms. The van der Waals surface area contributed by atoms with Crippen LogP contribution >= 0.6 is 0 Å². The lowest BCUT2D eigenvalue weighted by Gasteiger charge is -2.44. The van der Waals surface area contributed by atoms with Crippen LogP contribution in [0.4, 0.5) is 0 Å². The number of piperidine rings is 1. The van der Waals surface area contributed by atoms with Crippen LogP contribution in [0.25, 0.3) is 0 Å². The van der Waals surface area contributed by atoms with Crippen molar-refractivity contribution < 1.29 is 0 Å². The molecule has 0 aliphatic carbocycles. The van der Waals surface area contributed by atoms with Crippen LogP contribution < -0.4 is 0 Å². The maximum Gasteiger partial charge on any atom is 0.0888 e. The minimum atomic E-state index is 0.442. The SMILES string of the molecule is C=CN(/C=N\C)C1CC(=C)N(CC(C)C)C(C)C1. The molecular formula is C15H27N3. The largest absolute Gasteiger partial charge is 0.372 e. The molecule has 0 radical (unpaired) electrons. The molecule has 1 heterocycles. The Kier molecular flexibility index (Phi) is 5.45. The smallest absolute Gasteiger partial charge is 0.0888 e. The number of aliphatic imine (C=N–C) groups is 1. The molecule has 0 spiro atoms. The average molecular weight is 249 g/mol. The molecule has 0 aromatic carbocycles. The second-order valence-electron chi connectivity index (χ2n) is 5.56. The molecule has 1 fully saturated rings. The number of hydrogen-bond donors (Lipinski definition) is 0. The van der Waals surface area contributed by atoms with E-state index in [0.29, 0.717) is 18.0 Å². The molecule has 102 valence electrons. The zero-order chi connectivity index (χ0) is 13.7. The Hall–Kier alpha value is -1.25. The van der Waals surface area contributed by atoms with Gasteiger partial charge in [-0.1, -0.05) is 27.0 Å². The van der Waals surface area contributed by atoms with E-state index in [9.17, 15) is 0 Å². The zero-order valence-electron chi connectivity index (χ0n) is 12.3. The summed E-state index contributed by atoms with van der Waals surface area (Å²) in [6, 6.07) is 0.975. The van der Waals surface area contributed by atoms with Crippen LogP contribution in [-0.2, 0) is 0 Å². The van der Waals surface area contributed by atoms with Crippen LogP contribution in [0, 0.1) is 5.92 Å². The summed E-state index contributed by atoms with van der Waals surface area (Å²) in [5.74, 6) is 0.675.